The Morgan fingerprint density at radius 1 is 1.17 bits per heavy atom. The van der Waals surface area contributed by atoms with Gasteiger partial charge in [-0.25, -0.2) is 14.0 Å². The summed E-state index contributed by atoms with van der Waals surface area (Å²) in [5, 5.41) is 15.5. The van der Waals surface area contributed by atoms with E-state index in [1.165, 1.54) is 6.07 Å². The first kappa shape index (κ1) is 14.2. The summed E-state index contributed by atoms with van der Waals surface area (Å²) < 4.78 is 20.5. The molecule has 4 aromatic rings. The molecule has 3 aromatic heterocycles. The fourth-order valence-corrected chi connectivity index (χ4v) is 2.48. The molecule has 4 rings (SSSR count). The second kappa shape index (κ2) is 5.37. The summed E-state index contributed by atoms with van der Waals surface area (Å²) in [5.74, 6) is 0.00990. The fraction of sp³-hybridized carbons (Fsp3) is 0.133. The van der Waals surface area contributed by atoms with Crippen LogP contribution in [-0.4, -0.2) is 30.1 Å². The van der Waals surface area contributed by atoms with Gasteiger partial charge in [-0.2, -0.15) is 10.2 Å². The Labute approximate surface area is 135 Å². The van der Waals surface area contributed by atoms with E-state index in [2.05, 4.69) is 30.1 Å². The van der Waals surface area contributed by atoms with Gasteiger partial charge < -0.3 is 10.3 Å². The van der Waals surface area contributed by atoms with Gasteiger partial charge in [0.05, 0.1) is 23.4 Å². The highest BCUT2D eigenvalue weighted by molar-refractivity contribution is 5.82. The lowest BCUT2D eigenvalue weighted by Gasteiger charge is -2.07. The monoisotopic (exact) mass is 325 g/mol. The van der Waals surface area contributed by atoms with E-state index in [4.69, 9.17) is 5.73 Å². The van der Waals surface area contributed by atoms with Crippen LogP contribution in [0.4, 0.5) is 10.2 Å². The van der Waals surface area contributed by atoms with Crippen molar-refractivity contribution in [2.75, 3.05) is 5.73 Å². The minimum Gasteiger partial charge on any atom is -0.379 e. The Hall–Kier alpha value is -3.36. The molecule has 120 valence electrons. The van der Waals surface area contributed by atoms with Crippen LogP contribution >= 0.6 is 0 Å². The number of fused-ring (bicyclic) bond motifs is 1. The number of imidazole rings is 1. The molecular formula is C15H12FN7O. The van der Waals surface area contributed by atoms with E-state index in [1.54, 1.807) is 16.7 Å². The molecule has 0 aliphatic rings. The first-order valence-electron chi connectivity index (χ1n) is 7.16. The van der Waals surface area contributed by atoms with Crippen molar-refractivity contribution in [3.8, 4) is 11.5 Å². The molecule has 0 aliphatic carbocycles. The van der Waals surface area contributed by atoms with Gasteiger partial charge in [-0.1, -0.05) is 6.07 Å². The Balaban J connectivity index is 1.93. The SMILES string of the molecule is Cc1ccc(Cn2c(-c3nonc3N)nc3c(F)cccc32)nn1. The number of aromatic nitrogens is 6. The second-order valence-corrected chi connectivity index (χ2v) is 5.29. The smallest absolute Gasteiger partial charge is 0.199 e. The summed E-state index contributed by atoms with van der Waals surface area (Å²) in [7, 11) is 0. The summed E-state index contributed by atoms with van der Waals surface area (Å²) in [6.45, 7) is 2.18. The minimum absolute atomic E-state index is 0.0851. The van der Waals surface area contributed by atoms with Gasteiger partial charge in [0.25, 0.3) is 0 Å². The van der Waals surface area contributed by atoms with E-state index in [9.17, 15) is 4.39 Å². The molecule has 8 nitrogen and oxygen atoms in total. The largest absolute Gasteiger partial charge is 0.379 e. The van der Waals surface area contributed by atoms with Crippen molar-refractivity contribution in [2.24, 2.45) is 0 Å². The Bertz CT molecular complexity index is 1020. The van der Waals surface area contributed by atoms with Crippen molar-refractivity contribution in [3.05, 3.63) is 47.5 Å². The normalized spacial score (nSPS) is 11.2. The lowest BCUT2D eigenvalue weighted by molar-refractivity contribution is 0.310. The van der Waals surface area contributed by atoms with Gasteiger partial charge in [0.15, 0.2) is 23.2 Å². The van der Waals surface area contributed by atoms with Crippen LogP contribution in [0.3, 0.4) is 0 Å². The zero-order valence-electron chi connectivity index (χ0n) is 12.6. The molecule has 0 atom stereocenters. The number of nitrogens with zero attached hydrogens (tertiary/aromatic N) is 6. The third-order valence-electron chi connectivity index (χ3n) is 3.63. The van der Waals surface area contributed by atoms with E-state index < -0.39 is 5.82 Å². The molecule has 0 saturated heterocycles. The van der Waals surface area contributed by atoms with Crippen LogP contribution in [0.1, 0.15) is 11.4 Å². The summed E-state index contributed by atoms with van der Waals surface area (Å²) in [6.07, 6.45) is 0. The molecule has 9 heteroatoms. The first-order chi connectivity index (χ1) is 11.6. The van der Waals surface area contributed by atoms with Crippen LogP contribution in [0.5, 0.6) is 0 Å². The van der Waals surface area contributed by atoms with Crippen LogP contribution in [0.15, 0.2) is 35.0 Å². The number of nitrogens with two attached hydrogens (primary N) is 1. The molecule has 24 heavy (non-hydrogen) atoms. The summed E-state index contributed by atoms with van der Waals surface area (Å²) in [6, 6.07) is 8.43. The van der Waals surface area contributed by atoms with E-state index in [0.717, 1.165) is 5.69 Å². The maximum atomic E-state index is 14.1. The lowest BCUT2D eigenvalue weighted by Crippen LogP contribution is -2.06. The predicted molar refractivity (Wildman–Crippen MR) is 83.3 cm³/mol. The van der Waals surface area contributed by atoms with E-state index in [1.807, 2.05) is 19.1 Å². The van der Waals surface area contributed by atoms with Crippen LogP contribution in [0.2, 0.25) is 0 Å². The maximum Gasteiger partial charge on any atom is 0.199 e. The fourth-order valence-electron chi connectivity index (χ4n) is 2.48. The van der Waals surface area contributed by atoms with Gasteiger partial charge in [0.1, 0.15) is 5.52 Å². The molecule has 0 radical (unpaired) electrons. The molecule has 0 fully saturated rings. The van der Waals surface area contributed by atoms with Gasteiger partial charge in [-0.05, 0) is 41.5 Å². The third kappa shape index (κ3) is 2.26. The molecular weight excluding hydrogens is 313 g/mol. The van der Waals surface area contributed by atoms with Crippen molar-refractivity contribution in [3.63, 3.8) is 0 Å². The number of rotatable bonds is 3. The number of para-hydroxylation sites is 1. The van der Waals surface area contributed by atoms with Crippen LogP contribution in [0.25, 0.3) is 22.6 Å². The van der Waals surface area contributed by atoms with Crippen LogP contribution in [-0.2, 0) is 6.54 Å². The van der Waals surface area contributed by atoms with Crippen molar-refractivity contribution in [1.82, 2.24) is 30.1 Å². The van der Waals surface area contributed by atoms with Crippen LogP contribution < -0.4 is 5.73 Å². The number of benzene rings is 1. The summed E-state index contributed by atoms with van der Waals surface area (Å²) in [4.78, 5) is 4.33. The van der Waals surface area contributed by atoms with Gasteiger partial charge in [-0.3, -0.25) is 0 Å². The molecule has 0 bridgehead atoms. The van der Waals surface area contributed by atoms with Crippen molar-refractivity contribution >= 4 is 16.9 Å². The van der Waals surface area contributed by atoms with Crippen molar-refractivity contribution in [2.45, 2.75) is 13.5 Å². The molecule has 0 unspecified atom stereocenters. The highest BCUT2D eigenvalue weighted by Gasteiger charge is 2.21. The molecule has 0 saturated carbocycles. The Morgan fingerprint density at radius 2 is 2.04 bits per heavy atom. The highest BCUT2D eigenvalue weighted by Crippen LogP contribution is 2.28. The number of hydrogen-bond donors (Lipinski definition) is 1. The topological polar surface area (TPSA) is 109 Å². The Kier molecular flexibility index (Phi) is 3.19. The van der Waals surface area contributed by atoms with Crippen LogP contribution in [0, 0.1) is 12.7 Å². The molecule has 2 N–H and O–H groups in total. The second-order valence-electron chi connectivity index (χ2n) is 5.29. The number of aryl methyl sites for hydroxylation is 1. The summed E-state index contributed by atoms with van der Waals surface area (Å²) in [5.41, 5.74) is 8.34. The first-order valence-corrected chi connectivity index (χ1v) is 7.16. The minimum atomic E-state index is -0.433. The average Bonchev–Trinajstić information content (AvgIpc) is 3.14. The number of anilines is 1. The Morgan fingerprint density at radius 3 is 2.75 bits per heavy atom. The van der Waals surface area contributed by atoms with E-state index in [-0.39, 0.29) is 17.0 Å². The number of halogens is 1. The average molecular weight is 325 g/mol. The van der Waals surface area contributed by atoms with Gasteiger partial charge in [-0.15, -0.1) is 0 Å². The van der Waals surface area contributed by atoms with E-state index >= 15 is 0 Å². The van der Waals surface area contributed by atoms with Crippen molar-refractivity contribution < 1.29 is 9.02 Å². The number of hydrogen-bond acceptors (Lipinski definition) is 7. The quantitative estimate of drug-likeness (QED) is 0.613. The maximum absolute atomic E-state index is 14.1. The molecule has 0 aliphatic heterocycles. The highest BCUT2D eigenvalue weighted by atomic mass is 19.1. The van der Waals surface area contributed by atoms with Gasteiger partial charge in [0, 0.05) is 0 Å². The molecule has 0 spiro atoms. The van der Waals surface area contributed by atoms with Gasteiger partial charge >= 0.3 is 0 Å². The molecule has 3 heterocycles. The molecule has 0 amide bonds. The van der Waals surface area contributed by atoms with Gasteiger partial charge in [0.2, 0.25) is 0 Å². The lowest BCUT2D eigenvalue weighted by atomic mass is 10.3. The number of nitrogen functional groups attached to an aromatic ring is 1. The molecule has 1 aromatic carbocycles. The predicted octanol–water partition coefficient (Wildman–Crippen LogP) is 1.95. The standard InChI is InChI=1S/C15H12FN7O/c1-8-5-6-9(20-19-8)7-23-11-4-2-3-10(16)12(11)18-15(23)13-14(17)22-24-21-13/h2-6H,7H2,1H3,(H2,17,22). The van der Waals surface area contributed by atoms with E-state index in [0.29, 0.717) is 23.6 Å². The third-order valence-corrected chi connectivity index (χ3v) is 3.63. The zero-order chi connectivity index (χ0) is 16.7. The summed E-state index contributed by atoms with van der Waals surface area (Å²) >= 11 is 0. The zero-order valence-corrected chi connectivity index (χ0v) is 12.6. The van der Waals surface area contributed by atoms with Crippen molar-refractivity contribution in [1.29, 1.82) is 0 Å².